The molecule has 0 aliphatic carbocycles. The smallest absolute Gasteiger partial charge is 0.338 e. The topological polar surface area (TPSA) is 85.9 Å². The van der Waals surface area contributed by atoms with E-state index in [0.29, 0.717) is 38.6 Å². The summed E-state index contributed by atoms with van der Waals surface area (Å²) in [5.41, 5.74) is 1.30. The first-order valence-corrected chi connectivity index (χ1v) is 11.3. The van der Waals surface area contributed by atoms with Crippen molar-refractivity contribution < 1.29 is 23.8 Å². The summed E-state index contributed by atoms with van der Waals surface area (Å²) in [5, 5.41) is 5.45. The van der Waals surface area contributed by atoms with Crippen LogP contribution in [0.25, 0.3) is 0 Å². The Morgan fingerprint density at radius 3 is 2.45 bits per heavy atom. The van der Waals surface area contributed by atoms with Gasteiger partial charge in [0.15, 0.2) is 0 Å². The minimum atomic E-state index is -0.776. The number of methoxy groups -OCH3 is 2. The molecule has 0 saturated heterocycles. The number of allylic oxidation sites excluding steroid dienone is 1. The van der Waals surface area contributed by atoms with Crippen molar-refractivity contribution in [1.82, 2.24) is 10.6 Å². The van der Waals surface area contributed by atoms with Crippen molar-refractivity contribution in [3.8, 4) is 11.5 Å². The van der Waals surface area contributed by atoms with E-state index in [-0.39, 0.29) is 6.61 Å². The maximum Gasteiger partial charge on any atom is 0.338 e. The second-order valence-corrected chi connectivity index (χ2v) is 8.53. The molecule has 164 valence electrons. The number of hydrogen-bond donors (Lipinski definition) is 2. The quantitative estimate of drug-likeness (QED) is 0.313. The molecule has 3 rings (SSSR count). The summed E-state index contributed by atoms with van der Waals surface area (Å²) in [6.45, 7) is 1.90. The summed E-state index contributed by atoms with van der Waals surface area (Å²) in [6.07, 6.45) is 0. The molecule has 0 saturated carbocycles. The molecule has 0 aromatic heterocycles. The lowest BCUT2D eigenvalue weighted by Crippen LogP contribution is -2.45. The van der Waals surface area contributed by atoms with Crippen LogP contribution in [-0.4, -0.2) is 38.6 Å². The molecule has 1 heterocycles. The van der Waals surface area contributed by atoms with E-state index in [2.05, 4.69) is 26.6 Å². The molecule has 1 aliphatic heterocycles. The van der Waals surface area contributed by atoms with Crippen molar-refractivity contribution in [2.75, 3.05) is 26.6 Å². The Morgan fingerprint density at radius 2 is 1.77 bits per heavy atom. The van der Waals surface area contributed by atoms with Gasteiger partial charge in [-0.25, -0.2) is 9.59 Å². The largest absolute Gasteiger partial charge is 0.496 e. The number of rotatable bonds is 8. The van der Waals surface area contributed by atoms with E-state index in [1.54, 1.807) is 30.8 Å². The molecule has 2 amide bonds. The summed E-state index contributed by atoms with van der Waals surface area (Å²) in [6, 6.07) is 12.1. The fraction of sp³-hybridized carbons (Fsp3) is 0.273. The Morgan fingerprint density at radius 1 is 1.10 bits per heavy atom. The zero-order chi connectivity index (χ0) is 22.4. The van der Waals surface area contributed by atoms with Gasteiger partial charge < -0.3 is 24.8 Å². The van der Waals surface area contributed by atoms with Gasteiger partial charge in [0.05, 0.1) is 30.3 Å². The average molecular weight is 507 g/mol. The summed E-state index contributed by atoms with van der Waals surface area (Å²) in [5.74, 6) is 1.14. The zero-order valence-corrected chi connectivity index (χ0v) is 19.8. The van der Waals surface area contributed by atoms with Crippen LogP contribution in [0.5, 0.6) is 11.5 Å². The molecule has 2 aromatic rings. The van der Waals surface area contributed by atoms with Crippen LogP contribution in [0.2, 0.25) is 0 Å². The first kappa shape index (κ1) is 23.0. The van der Waals surface area contributed by atoms with Crippen molar-refractivity contribution >= 4 is 39.7 Å². The highest BCUT2D eigenvalue weighted by atomic mass is 79.9. The fourth-order valence-electron chi connectivity index (χ4n) is 3.23. The normalized spacial score (nSPS) is 15.7. The molecule has 2 N–H and O–H groups in total. The van der Waals surface area contributed by atoms with Gasteiger partial charge in [0.1, 0.15) is 18.1 Å². The van der Waals surface area contributed by atoms with E-state index in [1.165, 1.54) is 14.2 Å². The van der Waals surface area contributed by atoms with E-state index >= 15 is 0 Å². The second kappa shape index (κ2) is 10.6. The summed E-state index contributed by atoms with van der Waals surface area (Å²) in [4.78, 5) is 26.3. The molecule has 7 nitrogen and oxygen atoms in total. The lowest BCUT2D eigenvalue weighted by Gasteiger charge is -2.30. The van der Waals surface area contributed by atoms with Crippen LogP contribution in [0.15, 0.2) is 63.1 Å². The van der Waals surface area contributed by atoms with Gasteiger partial charge in [0, 0.05) is 21.9 Å². The summed E-state index contributed by atoms with van der Waals surface area (Å²) >= 11 is 5.12. The molecular formula is C22H23BrN2O5S. The third kappa shape index (κ3) is 5.34. The number of ether oxygens (including phenoxy) is 3. The SMILES string of the molecule is COc1ccc(OC)c(C2NC(=O)NC(C)=C2C(=O)OCCSc2ccccc2)c1Br. The molecule has 0 spiro atoms. The number of carbonyl (C=O) groups is 2. The molecule has 1 aliphatic rings. The van der Waals surface area contributed by atoms with Crippen molar-refractivity contribution in [2.24, 2.45) is 0 Å². The van der Waals surface area contributed by atoms with Gasteiger partial charge in [-0.3, -0.25) is 0 Å². The van der Waals surface area contributed by atoms with Crippen molar-refractivity contribution in [3.63, 3.8) is 0 Å². The number of carbonyl (C=O) groups excluding carboxylic acids is 2. The molecule has 9 heteroatoms. The Balaban J connectivity index is 1.83. The number of nitrogens with one attached hydrogen (secondary N) is 2. The van der Waals surface area contributed by atoms with E-state index in [1.807, 2.05) is 30.3 Å². The predicted molar refractivity (Wildman–Crippen MR) is 122 cm³/mol. The van der Waals surface area contributed by atoms with Crippen molar-refractivity contribution in [2.45, 2.75) is 17.9 Å². The average Bonchev–Trinajstić information content (AvgIpc) is 2.76. The third-order valence-electron chi connectivity index (χ3n) is 4.65. The fourth-order valence-corrected chi connectivity index (χ4v) is 4.70. The minimum absolute atomic E-state index is 0.228. The number of halogens is 1. The lowest BCUT2D eigenvalue weighted by atomic mass is 9.94. The molecule has 31 heavy (non-hydrogen) atoms. The van der Waals surface area contributed by atoms with E-state index < -0.39 is 18.0 Å². The number of esters is 1. The molecule has 2 aromatic carbocycles. The van der Waals surface area contributed by atoms with Gasteiger partial charge in [-0.15, -0.1) is 11.8 Å². The Labute approximate surface area is 193 Å². The van der Waals surface area contributed by atoms with Crippen LogP contribution in [0.3, 0.4) is 0 Å². The number of urea groups is 1. The van der Waals surface area contributed by atoms with Crippen LogP contribution in [0.4, 0.5) is 4.79 Å². The van der Waals surface area contributed by atoms with Crippen LogP contribution in [-0.2, 0) is 9.53 Å². The van der Waals surface area contributed by atoms with E-state index in [4.69, 9.17) is 14.2 Å². The molecular weight excluding hydrogens is 484 g/mol. The van der Waals surface area contributed by atoms with E-state index in [9.17, 15) is 9.59 Å². The maximum absolute atomic E-state index is 13.0. The van der Waals surface area contributed by atoms with Gasteiger partial charge >= 0.3 is 12.0 Å². The molecule has 0 fully saturated rings. The predicted octanol–water partition coefficient (Wildman–Crippen LogP) is 4.43. The third-order valence-corrected chi connectivity index (χ3v) is 6.44. The summed E-state index contributed by atoms with van der Waals surface area (Å²) in [7, 11) is 3.06. The monoisotopic (exact) mass is 506 g/mol. The number of amides is 2. The Hall–Kier alpha value is -2.65. The van der Waals surface area contributed by atoms with Gasteiger partial charge in [-0.05, 0) is 47.1 Å². The molecule has 1 atom stereocenters. The molecule has 0 radical (unpaired) electrons. The number of benzene rings is 2. The first-order valence-electron chi connectivity index (χ1n) is 9.49. The second-order valence-electron chi connectivity index (χ2n) is 6.57. The minimum Gasteiger partial charge on any atom is -0.496 e. The van der Waals surface area contributed by atoms with E-state index in [0.717, 1.165) is 4.90 Å². The number of hydrogen-bond acceptors (Lipinski definition) is 6. The zero-order valence-electron chi connectivity index (χ0n) is 17.4. The standard InChI is InChI=1S/C22H23BrN2O5S/c1-13-17(21(26)30-11-12-31-14-7-5-4-6-8-14)20(25-22(27)24-13)18-15(28-2)9-10-16(29-3)19(18)23/h4-10,20H,11-12H2,1-3H3,(H2,24,25,27). The molecule has 1 unspecified atom stereocenters. The maximum atomic E-state index is 13.0. The first-order chi connectivity index (χ1) is 15.0. The van der Waals surface area contributed by atoms with Crippen molar-refractivity contribution in [3.05, 3.63) is 63.8 Å². The highest BCUT2D eigenvalue weighted by molar-refractivity contribution is 9.10. The van der Waals surface area contributed by atoms with Crippen LogP contribution < -0.4 is 20.1 Å². The van der Waals surface area contributed by atoms with Gasteiger partial charge in [-0.1, -0.05) is 18.2 Å². The van der Waals surface area contributed by atoms with Crippen LogP contribution >= 0.6 is 27.7 Å². The highest BCUT2D eigenvalue weighted by Crippen LogP contribution is 2.42. The van der Waals surface area contributed by atoms with Crippen LogP contribution in [0, 0.1) is 0 Å². The van der Waals surface area contributed by atoms with Crippen molar-refractivity contribution in [1.29, 1.82) is 0 Å². The highest BCUT2D eigenvalue weighted by Gasteiger charge is 2.36. The van der Waals surface area contributed by atoms with Gasteiger partial charge in [0.25, 0.3) is 0 Å². The van der Waals surface area contributed by atoms with Gasteiger partial charge in [-0.2, -0.15) is 0 Å². The lowest BCUT2D eigenvalue weighted by molar-refractivity contribution is -0.138. The summed E-state index contributed by atoms with van der Waals surface area (Å²) < 4.78 is 17.0. The Kier molecular flexibility index (Phi) is 7.86. The van der Waals surface area contributed by atoms with Crippen LogP contribution in [0.1, 0.15) is 18.5 Å². The molecule has 0 bridgehead atoms. The van der Waals surface area contributed by atoms with Gasteiger partial charge in [0.2, 0.25) is 0 Å². The Bertz CT molecular complexity index is 997. The number of thioether (sulfide) groups is 1.